The van der Waals surface area contributed by atoms with Gasteiger partial charge in [0.25, 0.3) is 10.1 Å². The molecular weight excluding hydrogens is 206 g/mol. The van der Waals surface area contributed by atoms with E-state index in [-0.39, 0.29) is 17.7 Å². The predicted octanol–water partition coefficient (Wildman–Crippen LogP) is 0.345. The third kappa shape index (κ3) is 7.75. The number of rotatable bonds is 6. The van der Waals surface area contributed by atoms with Crippen LogP contribution in [0, 0.1) is 0 Å². The number of hydrogen-bond acceptors (Lipinski definition) is 3. The summed E-state index contributed by atoms with van der Waals surface area (Å²) >= 11 is 0. The fraction of sp³-hybridized carbons (Fsp3) is 0.625. The minimum absolute atomic E-state index is 0.123. The lowest BCUT2D eigenvalue weighted by molar-refractivity contribution is -0.117. The molecule has 0 aromatic carbocycles. The van der Waals surface area contributed by atoms with E-state index in [4.69, 9.17) is 4.55 Å². The van der Waals surface area contributed by atoms with Crippen LogP contribution in [0.2, 0.25) is 0 Å². The maximum atomic E-state index is 10.8. The van der Waals surface area contributed by atoms with Gasteiger partial charge in [0.05, 0.1) is 5.75 Å². The van der Waals surface area contributed by atoms with Crippen LogP contribution in [0.1, 0.15) is 19.8 Å². The molecule has 2 N–H and O–H groups in total. The smallest absolute Gasteiger partial charge is 0.264 e. The van der Waals surface area contributed by atoms with Crippen molar-refractivity contribution in [2.24, 2.45) is 0 Å². The first kappa shape index (κ1) is 13.1. The second-order valence-corrected chi connectivity index (χ2v) is 4.61. The molecule has 0 fully saturated rings. The average Bonchev–Trinajstić information content (AvgIpc) is 2.01. The van der Waals surface area contributed by atoms with Crippen LogP contribution in [0.25, 0.3) is 0 Å². The topological polar surface area (TPSA) is 83.5 Å². The van der Waals surface area contributed by atoms with E-state index in [1.54, 1.807) is 6.92 Å². The molecule has 0 heterocycles. The molecule has 0 saturated heterocycles. The van der Waals surface area contributed by atoms with Crippen LogP contribution >= 0.6 is 0 Å². The van der Waals surface area contributed by atoms with Gasteiger partial charge in [0, 0.05) is 6.04 Å². The Bertz CT molecular complexity index is 296. The van der Waals surface area contributed by atoms with Crippen LogP contribution in [-0.4, -0.2) is 30.7 Å². The molecule has 1 amide bonds. The minimum Gasteiger partial charge on any atom is -0.350 e. The number of amides is 1. The van der Waals surface area contributed by atoms with E-state index >= 15 is 0 Å². The van der Waals surface area contributed by atoms with Crippen molar-refractivity contribution < 1.29 is 17.8 Å². The number of nitrogens with one attached hydrogen (secondary N) is 1. The molecule has 0 bridgehead atoms. The van der Waals surface area contributed by atoms with Gasteiger partial charge in [-0.15, -0.1) is 0 Å². The van der Waals surface area contributed by atoms with Crippen LogP contribution in [-0.2, 0) is 14.9 Å². The normalized spacial score (nSPS) is 13.3. The van der Waals surface area contributed by atoms with E-state index in [1.807, 2.05) is 0 Å². The fourth-order valence-electron chi connectivity index (χ4n) is 0.946. The molecule has 6 heteroatoms. The molecule has 82 valence electrons. The summed E-state index contributed by atoms with van der Waals surface area (Å²) in [5.41, 5.74) is 0. The number of hydrogen-bond donors (Lipinski definition) is 2. The molecular formula is C8H15NO4S. The van der Waals surface area contributed by atoms with E-state index < -0.39 is 10.1 Å². The van der Waals surface area contributed by atoms with Crippen molar-refractivity contribution in [3.8, 4) is 0 Å². The first-order valence-corrected chi connectivity index (χ1v) is 5.84. The van der Waals surface area contributed by atoms with Crippen LogP contribution in [0.15, 0.2) is 12.7 Å². The van der Waals surface area contributed by atoms with Gasteiger partial charge >= 0.3 is 0 Å². The first-order chi connectivity index (χ1) is 6.35. The number of carbonyl (C=O) groups is 1. The predicted molar refractivity (Wildman–Crippen MR) is 53.5 cm³/mol. The average molecular weight is 221 g/mol. The summed E-state index contributed by atoms with van der Waals surface area (Å²) in [4.78, 5) is 10.8. The van der Waals surface area contributed by atoms with E-state index in [0.29, 0.717) is 12.8 Å². The van der Waals surface area contributed by atoms with Gasteiger partial charge in [0.1, 0.15) is 0 Å². The van der Waals surface area contributed by atoms with Gasteiger partial charge in [-0.05, 0) is 25.8 Å². The largest absolute Gasteiger partial charge is 0.350 e. The summed E-state index contributed by atoms with van der Waals surface area (Å²) in [7, 11) is -3.89. The highest BCUT2D eigenvalue weighted by molar-refractivity contribution is 7.85. The highest BCUT2D eigenvalue weighted by atomic mass is 32.2. The Morgan fingerprint density at radius 3 is 2.64 bits per heavy atom. The summed E-state index contributed by atoms with van der Waals surface area (Å²) in [5, 5.41) is 2.58. The maximum absolute atomic E-state index is 10.8. The van der Waals surface area contributed by atoms with Crippen LogP contribution in [0.4, 0.5) is 0 Å². The molecule has 0 aliphatic heterocycles. The van der Waals surface area contributed by atoms with E-state index in [1.165, 1.54) is 0 Å². The summed E-state index contributed by atoms with van der Waals surface area (Å²) in [6.45, 7) is 5.04. The Morgan fingerprint density at radius 2 is 2.21 bits per heavy atom. The molecule has 0 rings (SSSR count). The Balaban J connectivity index is 3.70. The van der Waals surface area contributed by atoms with Crippen molar-refractivity contribution in [2.45, 2.75) is 25.8 Å². The van der Waals surface area contributed by atoms with Gasteiger partial charge in [-0.2, -0.15) is 8.42 Å². The van der Waals surface area contributed by atoms with Crippen LogP contribution in [0.3, 0.4) is 0 Å². The van der Waals surface area contributed by atoms with Crippen molar-refractivity contribution in [3.63, 3.8) is 0 Å². The van der Waals surface area contributed by atoms with Gasteiger partial charge < -0.3 is 5.32 Å². The lowest BCUT2D eigenvalue weighted by Gasteiger charge is -2.11. The Kier molecular flexibility index (Phi) is 5.40. The Morgan fingerprint density at radius 1 is 1.64 bits per heavy atom. The van der Waals surface area contributed by atoms with Gasteiger partial charge in [-0.3, -0.25) is 9.35 Å². The van der Waals surface area contributed by atoms with Gasteiger partial charge in [-0.25, -0.2) is 0 Å². The fourth-order valence-corrected chi connectivity index (χ4v) is 1.48. The van der Waals surface area contributed by atoms with Gasteiger partial charge in [0.15, 0.2) is 0 Å². The van der Waals surface area contributed by atoms with Crippen molar-refractivity contribution in [1.29, 1.82) is 0 Å². The lowest BCUT2D eigenvalue weighted by atomic mass is 10.2. The highest BCUT2D eigenvalue weighted by Crippen LogP contribution is 1.99. The molecule has 14 heavy (non-hydrogen) atoms. The standard InChI is InChI=1S/C8H15NO4S/c1-3-8(10)9-7(2)5-4-6-14(11,12)13/h3,7H,1,4-6H2,2H3,(H,9,10)(H,11,12,13). The lowest BCUT2D eigenvalue weighted by Crippen LogP contribution is -2.31. The third-order valence-electron chi connectivity index (χ3n) is 1.61. The summed E-state index contributed by atoms with van der Waals surface area (Å²) in [6.07, 6.45) is 1.97. The Labute approximate surface area is 83.9 Å². The minimum atomic E-state index is -3.89. The molecule has 0 aliphatic rings. The quantitative estimate of drug-likeness (QED) is 0.500. The van der Waals surface area contributed by atoms with Crippen LogP contribution in [0.5, 0.6) is 0 Å². The van der Waals surface area contributed by atoms with Gasteiger partial charge in [-0.1, -0.05) is 6.58 Å². The molecule has 5 nitrogen and oxygen atoms in total. The SMILES string of the molecule is C=CC(=O)NC(C)CCCS(=O)(=O)O. The Hall–Kier alpha value is -0.880. The molecule has 0 saturated carbocycles. The van der Waals surface area contributed by atoms with Crippen molar-refractivity contribution in [2.75, 3.05) is 5.75 Å². The zero-order chi connectivity index (χ0) is 11.2. The summed E-state index contributed by atoms with van der Waals surface area (Å²) in [5.74, 6) is -0.564. The maximum Gasteiger partial charge on any atom is 0.264 e. The third-order valence-corrected chi connectivity index (χ3v) is 2.42. The van der Waals surface area contributed by atoms with Crippen molar-refractivity contribution in [3.05, 3.63) is 12.7 Å². The monoisotopic (exact) mass is 221 g/mol. The molecule has 1 unspecified atom stereocenters. The zero-order valence-electron chi connectivity index (χ0n) is 8.06. The molecule has 0 aromatic heterocycles. The molecule has 0 aromatic rings. The zero-order valence-corrected chi connectivity index (χ0v) is 8.88. The van der Waals surface area contributed by atoms with Crippen LogP contribution < -0.4 is 5.32 Å². The first-order valence-electron chi connectivity index (χ1n) is 4.23. The number of carbonyl (C=O) groups excluding carboxylic acids is 1. The van der Waals surface area contributed by atoms with E-state index in [2.05, 4.69) is 11.9 Å². The van der Waals surface area contributed by atoms with E-state index in [9.17, 15) is 13.2 Å². The van der Waals surface area contributed by atoms with Crippen molar-refractivity contribution >= 4 is 16.0 Å². The molecule has 1 atom stereocenters. The van der Waals surface area contributed by atoms with Crippen molar-refractivity contribution in [1.82, 2.24) is 5.32 Å². The summed E-state index contributed by atoms with van der Waals surface area (Å²) < 4.78 is 29.1. The molecule has 0 spiro atoms. The van der Waals surface area contributed by atoms with Gasteiger partial charge in [0.2, 0.25) is 5.91 Å². The second kappa shape index (κ2) is 5.77. The second-order valence-electron chi connectivity index (χ2n) is 3.04. The highest BCUT2D eigenvalue weighted by Gasteiger charge is 2.08. The summed E-state index contributed by atoms with van der Waals surface area (Å²) in [6, 6.07) is -0.123. The molecule has 0 radical (unpaired) electrons. The molecule has 0 aliphatic carbocycles. The van der Waals surface area contributed by atoms with E-state index in [0.717, 1.165) is 6.08 Å².